The number of amides is 1. The van der Waals surface area contributed by atoms with E-state index in [-0.39, 0.29) is 5.91 Å². The molecule has 27 heavy (non-hydrogen) atoms. The first-order valence-electron chi connectivity index (χ1n) is 8.35. The van der Waals surface area contributed by atoms with Gasteiger partial charge in [0, 0.05) is 6.08 Å². The van der Waals surface area contributed by atoms with Gasteiger partial charge in [-0.3, -0.25) is 4.79 Å². The summed E-state index contributed by atoms with van der Waals surface area (Å²) >= 11 is 6.30. The molecule has 0 atom stereocenters. The van der Waals surface area contributed by atoms with Gasteiger partial charge in [0.15, 0.2) is 0 Å². The van der Waals surface area contributed by atoms with E-state index >= 15 is 0 Å². The van der Waals surface area contributed by atoms with E-state index in [9.17, 15) is 4.79 Å². The molecular weight excluding hydrogens is 360 g/mol. The molecule has 1 heterocycles. The average Bonchev–Trinajstić information content (AvgIpc) is 3.11. The second-order valence-corrected chi connectivity index (χ2v) is 6.29. The van der Waals surface area contributed by atoms with Crippen molar-refractivity contribution in [1.82, 2.24) is 15.0 Å². The fourth-order valence-electron chi connectivity index (χ4n) is 2.62. The standard InChI is InChI=1S/C21H15ClN4O/c22-17-13-19-20(25-26(24-19)16-9-5-2-6-10-16)14-18(17)23-21(27)12-11-15-7-3-1-4-8-15/h1-14H,(H,23,27)/b12-11-. The zero-order valence-electron chi connectivity index (χ0n) is 14.2. The Kier molecular flexibility index (Phi) is 4.68. The Labute approximate surface area is 160 Å². The van der Waals surface area contributed by atoms with E-state index in [0.29, 0.717) is 21.7 Å². The molecule has 0 aliphatic carbocycles. The van der Waals surface area contributed by atoms with E-state index in [4.69, 9.17) is 11.6 Å². The third kappa shape index (κ3) is 3.88. The van der Waals surface area contributed by atoms with Crippen LogP contribution in [-0.2, 0) is 4.79 Å². The summed E-state index contributed by atoms with van der Waals surface area (Å²) in [6.45, 7) is 0. The number of carbonyl (C=O) groups excluding carboxylic acids is 1. The Hall–Kier alpha value is -3.44. The Morgan fingerprint density at radius 1 is 0.926 bits per heavy atom. The fraction of sp³-hybridized carbons (Fsp3) is 0. The van der Waals surface area contributed by atoms with E-state index < -0.39 is 0 Å². The Morgan fingerprint density at radius 3 is 2.26 bits per heavy atom. The zero-order valence-corrected chi connectivity index (χ0v) is 15.0. The lowest BCUT2D eigenvalue weighted by Crippen LogP contribution is -2.08. The predicted molar refractivity (Wildman–Crippen MR) is 108 cm³/mol. The summed E-state index contributed by atoms with van der Waals surface area (Å²) in [6, 6.07) is 22.6. The molecule has 0 aliphatic heterocycles. The molecule has 1 aromatic heterocycles. The van der Waals surface area contributed by atoms with Crippen molar-refractivity contribution in [2.75, 3.05) is 5.32 Å². The molecule has 0 radical (unpaired) electrons. The minimum Gasteiger partial charge on any atom is -0.321 e. The van der Waals surface area contributed by atoms with Crippen LogP contribution in [0.15, 0.2) is 78.9 Å². The van der Waals surface area contributed by atoms with E-state index in [1.807, 2.05) is 60.7 Å². The SMILES string of the molecule is O=C(/C=C\c1ccccc1)Nc1cc2nn(-c3ccccc3)nc2cc1Cl. The molecule has 0 spiro atoms. The number of anilines is 1. The lowest BCUT2D eigenvalue weighted by molar-refractivity contribution is -0.111. The van der Waals surface area contributed by atoms with Crippen LogP contribution in [0, 0.1) is 0 Å². The summed E-state index contributed by atoms with van der Waals surface area (Å²) in [5.41, 5.74) is 3.58. The Morgan fingerprint density at radius 2 is 1.56 bits per heavy atom. The van der Waals surface area contributed by atoms with Gasteiger partial charge in [-0.1, -0.05) is 60.1 Å². The molecule has 3 aromatic carbocycles. The molecule has 0 aliphatic rings. The van der Waals surface area contributed by atoms with Gasteiger partial charge in [-0.2, -0.15) is 4.80 Å². The quantitative estimate of drug-likeness (QED) is 0.525. The number of hydrogen-bond acceptors (Lipinski definition) is 3. The van der Waals surface area contributed by atoms with E-state index in [1.165, 1.54) is 6.08 Å². The summed E-state index contributed by atoms with van der Waals surface area (Å²) in [5.74, 6) is -0.268. The first-order chi connectivity index (χ1) is 13.2. The maximum atomic E-state index is 12.2. The van der Waals surface area contributed by atoms with Crippen LogP contribution in [0.25, 0.3) is 22.8 Å². The lowest BCUT2D eigenvalue weighted by atomic mass is 10.2. The molecule has 1 N–H and O–H groups in total. The van der Waals surface area contributed by atoms with Crippen LogP contribution in [0.2, 0.25) is 5.02 Å². The van der Waals surface area contributed by atoms with Crippen molar-refractivity contribution >= 4 is 40.3 Å². The summed E-state index contributed by atoms with van der Waals surface area (Å²) < 4.78 is 0. The summed E-state index contributed by atoms with van der Waals surface area (Å²) in [5, 5.41) is 12.1. The number of para-hydroxylation sites is 1. The normalized spacial score (nSPS) is 11.1. The number of halogens is 1. The van der Waals surface area contributed by atoms with Gasteiger partial charge in [-0.25, -0.2) is 0 Å². The smallest absolute Gasteiger partial charge is 0.248 e. The van der Waals surface area contributed by atoms with E-state index in [0.717, 1.165) is 11.3 Å². The first-order valence-corrected chi connectivity index (χ1v) is 8.73. The molecule has 0 saturated carbocycles. The number of rotatable bonds is 4. The molecule has 5 nitrogen and oxygen atoms in total. The highest BCUT2D eigenvalue weighted by molar-refractivity contribution is 6.34. The highest BCUT2D eigenvalue weighted by atomic mass is 35.5. The van der Waals surface area contributed by atoms with Crippen LogP contribution >= 0.6 is 11.6 Å². The minimum absolute atomic E-state index is 0.268. The maximum Gasteiger partial charge on any atom is 0.248 e. The molecule has 0 unspecified atom stereocenters. The summed E-state index contributed by atoms with van der Waals surface area (Å²) in [4.78, 5) is 13.7. The number of carbonyl (C=O) groups is 1. The van der Waals surface area contributed by atoms with Crippen molar-refractivity contribution in [1.29, 1.82) is 0 Å². The van der Waals surface area contributed by atoms with Crippen molar-refractivity contribution in [3.05, 3.63) is 89.5 Å². The Bertz CT molecular complexity index is 1120. The van der Waals surface area contributed by atoms with E-state index in [2.05, 4.69) is 15.5 Å². The molecule has 0 fully saturated rings. The molecular formula is C21H15ClN4O. The zero-order chi connectivity index (χ0) is 18.6. The predicted octanol–water partition coefficient (Wildman–Crippen LogP) is 4.73. The van der Waals surface area contributed by atoms with Gasteiger partial charge in [-0.05, 0) is 35.9 Å². The van der Waals surface area contributed by atoms with Gasteiger partial charge in [-0.15, -0.1) is 10.2 Å². The lowest BCUT2D eigenvalue weighted by Gasteiger charge is -2.04. The van der Waals surface area contributed by atoms with Crippen molar-refractivity contribution in [2.24, 2.45) is 0 Å². The van der Waals surface area contributed by atoms with Crippen molar-refractivity contribution in [3.63, 3.8) is 0 Å². The second kappa shape index (κ2) is 7.43. The van der Waals surface area contributed by atoms with Gasteiger partial charge in [0.05, 0.1) is 16.4 Å². The van der Waals surface area contributed by atoms with Gasteiger partial charge in [0.1, 0.15) is 11.0 Å². The summed E-state index contributed by atoms with van der Waals surface area (Å²) in [7, 11) is 0. The molecule has 4 rings (SSSR count). The third-order valence-electron chi connectivity index (χ3n) is 3.94. The van der Waals surface area contributed by atoms with Gasteiger partial charge < -0.3 is 5.32 Å². The van der Waals surface area contributed by atoms with Crippen molar-refractivity contribution in [2.45, 2.75) is 0 Å². The molecule has 0 bridgehead atoms. The number of benzene rings is 3. The van der Waals surface area contributed by atoms with Crippen LogP contribution in [0.5, 0.6) is 0 Å². The molecule has 1 amide bonds. The molecule has 6 heteroatoms. The van der Waals surface area contributed by atoms with E-state index in [1.54, 1.807) is 23.0 Å². The second-order valence-electron chi connectivity index (χ2n) is 5.88. The number of aromatic nitrogens is 3. The number of hydrogen-bond donors (Lipinski definition) is 1. The fourth-order valence-corrected chi connectivity index (χ4v) is 2.83. The molecule has 132 valence electrons. The first kappa shape index (κ1) is 17.0. The topological polar surface area (TPSA) is 59.8 Å². The molecule has 0 saturated heterocycles. The van der Waals surface area contributed by atoms with Crippen LogP contribution in [-0.4, -0.2) is 20.9 Å². The maximum absolute atomic E-state index is 12.2. The van der Waals surface area contributed by atoms with Crippen LogP contribution < -0.4 is 5.32 Å². The number of fused-ring (bicyclic) bond motifs is 1. The molecule has 4 aromatic rings. The number of nitrogens with zero attached hydrogens (tertiary/aromatic N) is 3. The van der Waals surface area contributed by atoms with Crippen LogP contribution in [0.4, 0.5) is 5.69 Å². The van der Waals surface area contributed by atoms with Crippen molar-refractivity contribution < 1.29 is 4.79 Å². The number of nitrogens with one attached hydrogen (secondary N) is 1. The largest absolute Gasteiger partial charge is 0.321 e. The van der Waals surface area contributed by atoms with Gasteiger partial charge in [0.25, 0.3) is 0 Å². The highest BCUT2D eigenvalue weighted by Gasteiger charge is 2.10. The highest BCUT2D eigenvalue weighted by Crippen LogP contribution is 2.27. The van der Waals surface area contributed by atoms with Gasteiger partial charge in [0.2, 0.25) is 5.91 Å². The van der Waals surface area contributed by atoms with Gasteiger partial charge >= 0.3 is 0 Å². The monoisotopic (exact) mass is 374 g/mol. The summed E-state index contributed by atoms with van der Waals surface area (Å²) in [6.07, 6.45) is 3.21. The average molecular weight is 375 g/mol. The Balaban J connectivity index is 1.57. The third-order valence-corrected chi connectivity index (χ3v) is 4.25. The van der Waals surface area contributed by atoms with Crippen LogP contribution in [0.1, 0.15) is 5.56 Å². The van der Waals surface area contributed by atoms with Crippen molar-refractivity contribution in [3.8, 4) is 5.69 Å². The minimum atomic E-state index is -0.268. The van der Waals surface area contributed by atoms with Crippen LogP contribution in [0.3, 0.4) is 0 Å².